The molecule has 0 atom stereocenters. The number of benzene rings is 1. The van der Waals surface area contributed by atoms with Gasteiger partial charge in [-0.15, -0.1) is 0 Å². The normalized spacial score (nSPS) is 10.1. The summed E-state index contributed by atoms with van der Waals surface area (Å²) in [5.41, 5.74) is 0.537. The highest BCUT2D eigenvalue weighted by atomic mass is 79.9. The zero-order valence-electron chi connectivity index (χ0n) is 8.20. The fourth-order valence-electron chi connectivity index (χ4n) is 1.12. The first-order valence-electron chi connectivity index (χ1n) is 4.37. The molecular formula is C10H11BrClNO2. The highest BCUT2D eigenvalue weighted by Gasteiger charge is 2.14. The van der Waals surface area contributed by atoms with E-state index in [2.05, 4.69) is 15.9 Å². The number of likely N-dealkylation sites (N-methyl/N-ethyl adjacent to an activating group) is 1. The van der Waals surface area contributed by atoms with Crippen molar-refractivity contribution in [3.05, 3.63) is 33.3 Å². The molecule has 1 amide bonds. The molecule has 1 aromatic carbocycles. The maximum absolute atomic E-state index is 11.8. The van der Waals surface area contributed by atoms with Crippen LogP contribution in [-0.4, -0.2) is 36.1 Å². The van der Waals surface area contributed by atoms with Crippen LogP contribution in [0.25, 0.3) is 0 Å². The van der Waals surface area contributed by atoms with Crippen molar-refractivity contribution in [2.24, 2.45) is 0 Å². The number of rotatable bonds is 3. The first kappa shape index (κ1) is 12.5. The second-order valence-corrected chi connectivity index (χ2v) is 4.37. The van der Waals surface area contributed by atoms with E-state index in [0.717, 1.165) is 0 Å². The van der Waals surface area contributed by atoms with Gasteiger partial charge in [0.05, 0.1) is 12.2 Å². The Morgan fingerprint density at radius 3 is 2.80 bits per heavy atom. The molecule has 0 spiro atoms. The summed E-state index contributed by atoms with van der Waals surface area (Å²) in [5.74, 6) is -0.146. The Morgan fingerprint density at radius 2 is 2.27 bits per heavy atom. The topological polar surface area (TPSA) is 40.5 Å². The zero-order valence-corrected chi connectivity index (χ0v) is 10.5. The highest BCUT2D eigenvalue weighted by Crippen LogP contribution is 2.22. The largest absolute Gasteiger partial charge is 0.395 e. The average molecular weight is 293 g/mol. The van der Waals surface area contributed by atoms with Gasteiger partial charge in [-0.3, -0.25) is 4.79 Å². The molecule has 0 unspecified atom stereocenters. The monoisotopic (exact) mass is 291 g/mol. The Balaban J connectivity index is 2.91. The summed E-state index contributed by atoms with van der Waals surface area (Å²) in [7, 11) is 1.64. The van der Waals surface area contributed by atoms with Crippen LogP contribution in [0.1, 0.15) is 10.4 Å². The molecule has 0 bridgehead atoms. The summed E-state index contributed by atoms with van der Waals surface area (Å²) < 4.78 is 0.657. The van der Waals surface area contributed by atoms with Gasteiger partial charge < -0.3 is 10.0 Å². The van der Waals surface area contributed by atoms with Crippen LogP contribution in [0.3, 0.4) is 0 Å². The minimum Gasteiger partial charge on any atom is -0.395 e. The fourth-order valence-corrected chi connectivity index (χ4v) is 1.97. The molecule has 0 fully saturated rings. The maximum Gasteiger partial charge on any atom is 0.254 e. The van der Waals surface area contributed by atoms with Crippen molar-refractivity contribution in [1.82, 2.24) is 4.90 Å². The molecule has 0 aliphatic rings. The minimum absolute atomic E-state index is 0.0482. The van der Waals surface area contributed by atoms with Gasteiger partial charge in [-0.05, 0) is 34.1 Å². The summed E-state index contributed by atoms with van der Waals surface area (Å²) in [6, 6.07) is 4.98. The molecule has 1 rings (SSSR count). The number of hydrogen-bond donors (Lipinski definition) is 1. The number of halogens is 2. The van der Waals surface area contributed by atoms with Crippen LogP contribution in [0, 0.1) is 0 Å². The van der Waals surface area contributed by atoms with Gasteiger partial charge in [-0.2, -0.15) is 0 Å². The summed E-state index contributed by atoms with van der Waals surface area (Å²) in [5, 5.41) is 9.29. The smallest absolute Gasteiger partial charge is 0.254 e. The molecule has 1 aromatic rings. The van der Waals surface area contributed by atoms with E-state index in [4.69, 9.17) is 16.7 Å². The van der Waals surface area contributed by atoms with Gasteiger partial charge in [0.25, 0.3) is 5.91 Å². The predicted octanol–water partition coefficient (Wildman–Crippen LogP) is 2.17. The van der Waals surface area contributed by atoms with E-state index in [9.17, 15) is 4.79 Å². The van der Waals surface area contributed by atoms with Gasteiger partial charge in [0, 0.05) is 23.1 Å². The van der Waals surface area contributed by atoms with Crippen molar-refractivity contribution >= 4 is 33.4 Å². The number of nitrogens with zero attached hydrogens (tertiary/aromatic N) is 1. The van der Waals surface area contributed by atoms with Crippen LogP contribution in [0.2, 0.25) is 5.02 Å². The highest BCUT2D eigenvalue weighted by molar-refractivity contribution is 9.10. The Labute approximate surface area is 102 Å². The summed E-state index contributed by atoms with van der Waals surface area (Å²) in [6.45, 7) is 0.265. The van der Waals surface area contributed by atoms with Gasteiger partial charge in [0.15, 0.2) is 0 Å². The Hall–Kier alpha value is -0.580. The minimum atomic E-state index is -0.146. The summed E-state index contributed by atoms with van der Waals surface area (Å²) >= 11 is 9.04. The maximum atomic E-state index is 11.8. The number of aliphatic hydroxyl groups excluding tert-OH is 1. The molecular weight excluding hydrogens is 281 g/mol. The predicted molar refractivity (Wildman–Crippen MR) is 63.2 cm³/mol. The van der Waals surface area contributed by atoms with Crippen molar-refractivity contribution in [3.8, 4) is 0 Å². The van der Waals surface area contributed by atoms with E-state index in [0.29, 0.717) is 21.6 Å². The van der Waals surface area contributed by atoms with Crippen LogP contribution in [0.5, 0.6) is 0 Å². The first-order chi connectivity index (χ1) is 7.06. The summed E-state index contributed by atoms with van der Waals surface area (Å²) in [6.07, 6.45) is 0. The van der Waals surface area contributed by atoms with Crippen LogP contribution in [-0.2, 0) is 0 Å². The Kier molecular flexibility index (Phi) is 4.57. The van der Waals surface area contributed by atoms with Crippen molar-refractivity contribution in [3.63, 3.8) is 0 Å². The van der Waals surface area contributed by atoms with E-state index in [1.54, 1.807) is 25.2 Å². The van der Waals surface area contributed by atoms with E-state index in [1.165, 1.54) is 4.90 Å². The second kappa shape index (κ2) is 5.49. The van der Waals surface area contributed by atoms with Gasteiger partial charge in [0.1, 0.15) is 0 Å². The average Bonchev–Trinajstić information content (AvgIpc) is 2.17. The Bertz CT molecular complexity index is 370. The molecule has 0 aromatic heterocycles. The van der Waals surface area contributed by atoms with Crippen molar-refractivity contribution < 1.29 is 9.90 Å². The fraction of sp³-hybridized carbons (Fsp3) is 0.300. The lowest BCUT2D eigenvalue weighted by atomic mass is 10.2. The van der Waals surface area contributed by atoms with E-state index in [-0.39, 0.29) is 12.5 Å². The third kappa shape index (κ3) is 3.19. The SMILES string of the molecule is CN(CCO)C(=O)c1ccc(Cl)cc1Br. The van der Waals surface area contributed by atoms with E-state index < -0.39 is 0 Å². The lowest BCUT2D eigenvalue weighted by Crippen LogP contribution is -2.29. The molecule has 0 heterocycles. The summed E-state index contributed by atoms with van der Waals surface area (Å²) in [4.78, 5) is 13.3. The lowest BCUT2D eigenvalue weighted by Gasteiger charge is -2.16. The number of carbonyl (C=O) groups excluding carboxylic acids is 1. The molecule has 5 heteroatoms. The van der Waals surface area contributed by atoms with E-state index in [1.807, 2.05) is 0 Å². The van der Waals surface area contributed by atoms with Gasteiger partial charge in [-0.1, -0.05) is 11.6 Å². The molecule has 15 heavy (non-hydrogen) atoms. The molecule has 0 aliphatic heterocycles. The van der Waals surface area contributed by atoms with E-state index >= 15 is 0 Å². The molecule has 1 N–H and O–H groups in total. The quantitative estimate of drug-likeness (QED) is 0.927. The molecule has 0 radical (unpaired) electrons. The van der Waals surface area contributed by atoms with Gasteiger partial charge >= 0.3 is 0 Å². The van der Waals surface area contributed by atoms with Gasteiger partial charge in [-0.25, -0.2) is 0 Å². The molecule has 3 nitrogen and oxygen atoms in total. The zero-order chi connectivity index (χ0) is 11.4. The second-order valence-electron chi connectivity index (χ2n) is 3.07. The molecule has 82 valence electrons. The third-order valence-electron chi connectivity index (χ3n) is 1.94. The van der Waals surface area contributed by atoms with Crippen molar-refractivity contribution in [2.75, 3.05) is 20.2 Å². The van der Waals surface area contributed by atoms with Crippen molar-refractivity contribution in [2.45, 2.75) is 0 Å². The van der Waals surface area contributed by atoms with Crippen LogP contribution < -0.4 is 0 Å². The lowest BCUT2D eigenvalue weighted by molar-refractivity contribution is 0.0766. The van der Waals surface area contributed by atoms with Crippen LogP contribution >= 0.6 is 27.5 Å². The third-order valence-corrected chi connectivity index (χ3v) is 2.83. The number of aliphatic hydroxyl groups is 1. The number of hydrogen-bond acceptors (Lipinski definition) is 2. The molecule has 0 saturated carbocycles. The van der Waals surface area contributed by atoms with Crippen LogP contribution in [0.4, 0.5) is 0 Å². The molecule has 0 saturated heterocycles. The standard InChI is InChI=1S/C10H11BrClNO2/c1-13(4-5-14)10(15)8-3-2-7(12)6-9(8)11/h2-3,6,14H,4-5H2,1H3. The Morgan fingerprint density at radius 1 is 1.60 bits per heavy atom. The first-order valence-corrected chi connectivity index (χ1v) is 5.54. The van der Waals surface area contributed by atoms with Gasteiger partial charge in [0.2, 0.25) is 0 Å². The number of carbonyl (C=O) groups is 1. The number of amides is 1. The van der Waals surface area contributed by atoms with Crippen LogP contribution in [0.15, 0.2) is 22.7 Å². The van der Waals surface area contributed by atoms with Crippen molar-refractivity contribution in [1.29, 1.82) is 0 Å². The molecule has 0 aliphatic carbocycles.